The van der Waals surface area contributed by atoms with E-state index >= 15 is 0 Å². The van der Waals surface area contributed by atoms with Crippen LogP contribution in [0, 0.1) is 0 Å². The van der Waals surface area contributed by atoms with Gasteiger partial charge in [0.2, 0.25) is 0 Å². The number of aliphatic hydroxyl groups is 1. The molecule has 5 heteroatoms. The highest BCUT2D eigenvalue weighted by Crippen LogP contribution is 2.18. The van der Waals surface area contributed by atoms with Crippen LogP contribution in [-0.2, 0) is 13.1 Å². The largest absolute Gasteiger partial charge is 0.497 e. The lowest BCUT2D eigenvalue weighted by Gasteiger charge is -2.25. The summed E-state index contributed by atoms with van der Waals surface area (Å²) in [6.45, 7) is 2.14. The summed E-state index contributed by atoms with van der Waals surface area (Å²) in [7, 11) is 3.30. The Balaban J connectivity index is 1.62. The third-order valence-electron chi connectivity index (χ3n) is 4.76. The number of rotatable bonds is 11. The van der Waals surface area contributed by atoms with Gasteiger partial charge < -0.3 is 19.3 Å². The predicted molar refractivity (Wildman–Crippen MR) is 118 cm³/mol. The second-order valence-corrected chi connectivity index (χ2v) is 7.15. The van der Waals surface area contributed by atoms with Crippen molar-refractivity contribution in [2.75, 3.05) is 27.4 Å². The Labute approximate surface area is 178 Å². The van der Waals surface area contributed by atoms with Crippen LogP contribution in [0.5, 0.6) is 17.2 Å². The van der Waals surface area contributed by atoms with E-state index in [0.717, 1.165) is 23.6 Å². The summed E-state index contributed by atoms with van der Waals surface area (Å²) in [5.41, 5.74) is 2.33. The zero-order chi connectivity index (χ0) is 21.2. The van der Waals surface area contributed by atoms with E-state index in [1.54, 1.807) is 14.2 Å². The SMILES string of the molecule is COc1ccc(OCC(O)CN(Cc2ccccc2)Cc2cccc(OC)c2)cc1. The summed E-state index contributed by atoms with van der Waals surface area (Å²) >= 11 is 0. The molecule has 0 spiro atoms. The van der Waals surface area contributed by atoms with Gasteiger partial charge in [0.15, 0.2) is 0 Å². The Kier molecular flexibility index (Phi) is 8.12. The van der Waals surface area contributed by atoms with E-state index < -0.39 is 6.10 Å². The molecule has 0 amide bonds. The standard InChI is InChI=1S/C25H29NO4/c1-28-23-11-13-24(14-12-23)30-19-22(27)18-26(16-20-7-4-3-5-8-20)17-21-9-6-10-25(15-21)29-2/h3-15,22,27H,16-19H2,1-2H3. The van der Waals surface area contributed by atoms with Gasteiger partial charge >= 0.3 is 0 Å². The molecule has 1 atom stereocenters. The number of hydrogen-bond donors (Lipinski definition) is 1. The minimum Gasteiger partial charge on any atom is -0.497 e. The van der Waals surface area contributed by atoms with Gasteiger partial charge in [-0.25, -0.2) is 0 Å². The van der Waals surface area contributed by atoms with Gasteiger partial charge in [-0.05, 0) is 47.5 Å². The maximum absolute atomic E-state index is 10.6. The molecule has 5 nitrogen and oxygen atoms in total. The number of hydrogen-bond acceptors (Lipinski definition) is 5. The van der Waals surface area contributed by atoms with Gasteiger partial charge in [0, 0.05) is 19.6 Å². The third kappa shape index (κ3) is 6.79. The van der Waals surface area contributed by atoms with Gasteiger partial charge in [0.1, 0.15) is 30.0 Å². The molecule has 0 aliphatic carbocycles. The lowest BCUT2D eigenvalue weighted by Crippen LogP contribution is -2.35. The van der Waals surface area contributed by atoms with E-state index in [9.17, 15) is 5.11 Å². The number of benzene rings is 3. The molecule has 0 heterocycles. The molecule has 1 unspecified atom stereocenters. The highest BCUT2D eigenvalue weighted by molar-refractivity contribution is 5.31. The molecule has 0 fully saturated rings. The lowest BCUT2D eigenvalue weighted by molar-refractivity contribution is 0.0628. The summed E-state index contributed by atoms with van der Waals surface area (Å²) in [6, 6.07) is 25.6. The Morgan fingerprint density at radius 2 is 1.37 bits per heavy atom. The van der Waals surface area contributed by atoms with Gasteiger partial charge in [-0.1, -0.05) is 42.5 Å². The Morgan fingerprint density at radius 3 is 2.07 bits per heavy atom. The molecule has 0 saturated heterocycles. The summed E-state index contributed by atoms with van der Waals surface area (Å²) < 4.78 is 16.3. The average molecular weight is 408 g/mol. The van der Waals surface area contributed by atoms with Crippen molar-refractivity contribution < 1.29 is 19.3 Å². The monoisotopic (exact) mass is 407 g/mol. The van der Waals surface area contributed by atoms with Crippen molar-refractivity contribution in [1.29, 1.82) is 0 Å². The Hall–Kier alpha value is -3.02. The molecule has 30 heavy (non-hydrogen) atoms. The number of nitrogens with zero attached hydrogens (tertiary/aromatic N) is 1. The van der Waals surface area contributed by atoms with Gasteiger partial charge in [0.25, 0.3) is 0 Å². The lowest BCUT2D eigenvalue weighted by atomic mass is 10.1. The fourth-order valence-electron chi connectivity index (χ4n) is 3.27. The topological polar surface area (TPSA) is 51.2 Å². The Bertz CT molecular complexity index is 883. The zero-order valence-electron chi connectivity index (χ0n) is 17.5. The molecule has 158 valence electrons. The minimum absolute atomic E-state index is 0.218. The fraction of sp³-hybridized carbons (Fsp3) is 0.280. The van der Waals surface area contributed by atoms with Crippen LogP contribution in [0.2, 0.25) is 0 Å². The molecule has 3 aromatic rings. The van der Waals surface area contributed by atoms with Gasteiger partial charge in [-0.2, -0.15) is 0 Å². The average Bonchev–Trinajstić information content (AvgIpc) is 2.79. The van der Waals surface area contributed by atoms with Crippen molar-refractivity contribution in [2.45, 2.75) is 19.2 Å². The molecule has 1 N–H and O–H groups in total. The van der Waals surface area contributed by atoms with Crippen LogP contribution in [-0.4, -0.2) is 43.5 Å². The normalized spacial score (nSPS) is 11.9. The predicted octanol–water partition coefficient (Wildman–Crippen LogP) is 4.15. The summed E-state index contributed by atoms with van der Waals surface area (Å²) in [4.78, 5) is 2.21. The molecule has 0 radical (unpaired) electrons. The second-order valence-electron chi connectivity index (χ2n) is 7.15. The van der Waals surface area contributed by atoms with Crippen molar-refractivity contribution in [3.8, 4) is 17.2 Å². The van der Waals surface area contributed by atoms with Crippen molar-refractivity contribution in [3.63, 3.8) is 0 Å². The Morgan fingerprint density at radius 1 is 0.733 bits per heavy atom. The molecule has 3 rings (SSSR count). The number of aliphatic hydroxyl groups excluding tert-OH is 1. The summed E-state index contributed by atoms with van der Waals surface area (Å²) in [6.07, 6.45) is -0.624. The first-order valence-electron chi connectivity index (χ1n) is 10.0. The van der Waals surface area contributed by atoms with E-state index in [0.29, 0.717) is 18.8 Å². The van der Waals surface area contributed by atoms with Crippen molar-refractivity contribution >= 4 is 0 Å². The van der Waals surface area contributed by atoms with Crippen LogP contribution in [0.25, 0.3) is 0 Å². The maximum Gasteiger partial charge on any atom is 0.119 e. The highest BCUT2D eigenvalue weighted by atomic mass is 16.5. The van der Waals surface area contributed by atoms with Crippen molar-refractivity contribution in [2.24, 2.45) is 0 Å². The van der Waals surface area contributed by atoms with E-state index in [1.807, 2.05) is 60.7 Å². The minimum atomic E-state index is -0.624. The van der Waals surface area contributed by atoms with Crippen LogP contribution in [0.3, 0.4) is 0 Å². The van der Waals surface area contributed by atoms with Crippen LogP contribution in [0.15, 0.2) is 78.9 Å². The molecule has 0 bridgehead atoms. The maximum atomic E-state index is 10.6. The quantitative estimate of drug-likeness (QED) is 0.518. The summed E-state index contributed by atoms with van der Waals surface area (Å²) in [5, 5.41) is 10.6. The first-order chi connectivity index (χ1) is 14.7. The molecular weight excluding hydrogens is 378 g/mol. The molecule has 0 aliphatic heterocycles. The third-order valence-corrected chi connectivity index (χ3v) is 4.76. The van der Waals surface area contributed by atoms with E-state index in [1.165, 1.54) is 5.56 Å². The highest BCUT2D eigenvalue weighted by Gasteiger charge is 2.14. The molecular formula is C25H29NO4. The number of methoxy groups -OCH3 is 2. The molecule has 3 aromatic carbocycles. The first-order valence-corrected chi connectivity index (χ1v) is 10.0. The molecule has 0 aliphatic rings. The van der Waals surface area contributed by atoms with Crippen molar-refractivity contribution in [3.05, 3.63) is 90.0 Å². The first kappa shape index (κ1) is 21.7. The molecule has 0 aromatic heterocycles. The van der Waals surface area contributed by atoms with Crippen molar-refractivity contribution in [1.82, 2.24) is 4.90 Å². The van der Waals surface area contributed by atoms with Gasteiger partial charge in [0.05, 0.1) is 14.2 Å². The summed E-state index contributed by atoms with van der Waals surface area (Å²) in [5.74, 6) is 2.31. The van der Waals surface area contributed by atoms with Crippen LogP contribution in [0.1, 0.15) is 11.1 Å². The zero-order valence-corrected chi connectivity index (χ0v) is 17.5. The smallest absolute Gasteiger partial charge is 0.119 e. The fourth-order valence-corrected chi connectivity index (χ4v) is 3.27. The van der Waals surface area contributed by atoms with Crippen LogP contribution >= 0.6 is 0 Å². The van der Waals surface area contributed by atoms with Gasteiger partial charge in [-0.15, -0.1) is 0 Å². The van der Waals surface area contributed by atoms with E-state index in [2.05, 4.69) is 23.1 Å². The molecule has 0 saturated carbocycles. The van der Waals surface area contributed by atoms with Gasteiger partial charge in [-0.3, -0.25) is 4.90 Å². The second kappa shape index (κ2) is 11.2. The van der Waals surface area contributed by atoms with E-state index in [4.69, 9.17) is 14.2 Å². The number of ether oxygens (including phenoxy) is 3. The van der Waals surface area contributed by atoms with E-state index in [-0.39, 0.29) is 6.61 Å². The van der Waals surface area contributed by atoms with Crippen LogP contribution in [0.4, 0.5) is 0 Å². The van der Waals surface area contributed by atoms with Crippen LogP contribution < -0.4 is 14.2 Å².